The lowest BCUT2D eigenvalue weighted by Gasteiger charge is -2.35. The summed E-state index contributed by atoms with van der Waals surface area (Å²) in [4.78, 5) is 50.7. The van der Waals surface area contributed by atoms with Crippen LogP contribution in [0.2, 0.25) is 0 Å². The van der Waals surface area contributed by atoms with E-state index in [0.717, 1.165) is 0 Å². The smallest absolute Gasteiger partial charge is 0.338 e. The van der Waals surface area contributed by atoms with Gasteiger partial charge in [0.2, 0.25) is 0 Å². The van der Waals surface area contributed by atoms with Crippen LogP contribution in [0.5, 0.6) is 11.5 Å². The Balaban J connectivity index is 2.02. The van der Waals surface area contributed by atoms with Gasteiger partial charge in [0.25, 0.3) is 8.53 Å². The first-order chi connectivity index (χ1) is 27.3. The molecule has 308 valence electrons. The lowest BCUT2D eigenvalue weighted by Crippen LogP contribution is -2.33. The minimum absolute atomic E-state index is 0.0493. The van der Waals surface area contributed by atoms with Gasteiger partial charge in [0.15, 0.2) is 0 Å². The molecule has 0 aromatic heterocycles. The minimum Gasteiger partial charge on any atom is -0.489 e. The topological polar surface area (TPSA) is 169 Å². The quantitative estimate of drug-likeness (QED) is 0.0388. The van der Waals surface area contributed by atoms with E-state index in [1.807, 2.05) is 27.7 Å². The summed E-state index contributed by atoms with van der Waals surface area (Å²) in [6.45, 7) is 15.7. The van der Waals surface area contributed by atoms with Crippen molar-refractivity contribution in [3.05, 3.63) is 93.5 Å². The van der Waals surface area contributed by atoms with Crippen molar-refractivity contribution in [1.82, 2.24) is 4.67 Å². The highest BCUT2D eigenvalue weighted by Gasteiger charge is 2.27. The van der Waals surface area contributed by atoms with Crippen LogP contribution in [0.1, 0.15) is 120 Å². The van der Waals surface area contributed by atoms with Crippen molar-refractivity contribution >= 4 is 32.4 Å². The molecule has 0 radical (unpaired) electrons. The van der Waals surface area contributed by atoms with E-state index >= 15 is 0 Å². The fraction of sp³-hybridized carbons (Fsp3) is 0.452. The number of hydrogen-bond donors (Lipinski definition) is 0. The third-order valence-electron chi connectivity index (χ3n) is 7.78. The maximum Gasteiger partial charge on any atom is 0.338 e. The average Bonchev–Trinajstić information content (AvgIpc) is 3.18. The Morgan fingerprint density at radius 3 is 1.26 bits per heavy atom. The Bertz CT molecular complexity index is 1670. The van der Waals surface area contributed by atoms with Crippen LogP contribution in [-0.4, -0.2) is 73.7 Å². The zero-order valence-electron chi connectivity index (χ0n) is 34.0. The second-order valence-electron chi connectivity index (χ2n) is 12.9. The Labute approximate surface area is 336 Å². The zero-order chi connectivity index (χ0) is 41.9. The van der Waals surface area contributed by atoms with Gasteiger partial charge in [0.1, 0.15) is 24.7 Å². The van der Waals surface area contributed by atoms with Gasteiger partial charge in [-0.15, -0.1) is 0 Å². The summed E-state index contributed by atoms with van der Waals surface area (Å²) in [6, 6.07) is 16.6. The molecule has 0 aliphatic heterocycles. The van der Waals surface area contributed by atoms with Crippen LogP contribution in [-0.2, 0) is 47.8 Å². The third-order valence-corrected chi connectivity index (χ3v) is 9.84. The van der Waals surface area contributed by atoms with Crippen LogP contribution in [0, 0.1) is 11.3 Å². The molecule has 0 saturated carbocycles. The summed E-state index contributed by atoms with van der Waals surface area (Å²) in [7, 11) is -1.57. The van der Waals surface area contributed by atoms with Crippen molar-refractivity contribution in [2.45, 2.75) is 93.7 Å². The SMILES string of the molecule is CCOC(=O)c1cc(COc2cc(COP(OCCC#N)N(C(C)C)C(C)C)cc(OCc3cc(C(=O)OCC)cc(C(=O)OCC)c3)c2)cc(C(=O)OCC)c1. The molecule has 0 heterocycles. The molecule has 0 N–H and O–H groups in total. The van der Waals surface area contributed by atoms with E-state index in [0.29, 0.717) is 28.2 Å². The van der Waals surface area contributed by atoms with Crippen molar-refractivity contribution in [2.24, 2.45) is 0 Å². The summed E-state index contributed by atoms with van der Waals surface area (Å²) < 4.78 is 47.8. The second kappa shape index (κ2) is 23.9. The van der Waals surface area contributed by atoms with E-state index in [2.05, 4.69) is 10.7 Å². The van der Waals surface area contributed by atoms with Gasteiger partial charge in [-0.2, -0.15) is 5.26 Å². The van der Waals surface area contributed by atoms with E-state index in [1.165, 1.54) is 12.1 Å². The molecule has 3 aromatic rings. The number of carbonyl (C=O) groups excluding carboxylic acids is 4. The largest absolute Gasteiger partial charge is 0.489 e. The molecule has 1 atom stereocenters. The molecule has 0 saturated heterocycles. The van der Waals surface area contributed by atoms with Gasteiger partial charge in [0, 0.05) is 18.2 Å². The predicted molar refractivity (Wildman–Crippen MR) is 212 cm³/mol. The van der Waals surface area contributed by atoms with Gasteiger partial charge in [-0.1, -0.05) is 0 Å². The first-order valence-electron chi connectivity index (χ1n) is 18.9. The number of esters is 4. The number of nitriles is 1. The van der Waals surface area contributed by atoms with Crippen LogP contribution in [0.25, 0.3) is 0 Å². The number of ether oxygens (including phenoxy) is 6. The molecule has 0 aliphatic carbocycles. The summed E-state index contributed by atoms with van der Waals surface area (Å²) in [5.74, 6) is -1.63. The van der Waals surface area contributed by atoms with Crippen molar-refractivity contribution in [1.29, 1.82) is 5.26 Å². The van der Waals surface area contributed by atoms with Crippen molar-refractivity contribution in [3.8, 4) is 17.6 Å². The lowest BCUT2D eigenvalue weighted by atomic mass is 10.1. The third kappa shape index (κ3) is 14.8. The highest BCUT2D eigenvalue weighted by Crippen LogP contribution is 2.47. The first-order valence-corrected chi connectivity index (χ1v) is 20.0. The Kier molecular flexibility index (Phi) is 19.4. The molecular weight excluding hydrogens is 755 g/mol. The fourth-order valence-electron chi connectivity index (χ4n) is 5.54. The molecule has 0 bridgehead atoms. The van der Waals surface area contributed by atoms with Crippen LogP contribution >= 0.6 is 8.53 Å². The molecule has 3 aromatic carbocycles. The Morgan fingerprint density at radius 1 is 0.561 bits per heavy atom. The number of carbonyl (C=O) groups is 4. The highest BCUT2D eigenvalue weighted by molar-refractivity contribution is 7.44. The summed E-state index contributed by atoms with van der Waals surface area (Å²) in [5.41, 5.74) is 2.36. The normalized spacial score (nSPS) is 11.5. The van der Waals surface area contributed by atoms with Gasteiger partial charge >= 0.3 is 23.9 Å². The molecule has 0 amide bonds. The minimum atomic E-state index is -1.57. The summed E-state index contributed by atoms with van der Waals surface area (Å²) in [6.07, 6.45) is 0.206. The monoisotopic (exact) mass is 808 g/mol. The van der Waals surface area contributed by atoms with E-state index in [-0.39, 0.29) is 93.6 Å². The Morgan fingerprint density at radius 2 is 0.930 bits per heavy atom. The molecule has 15 heteroatoms. The standard InChI is InChI=1S/C42H53N2O12P/c1-9-49-39(45)33-16-30(17-34(22-33)40(46)50-10-2)25-53-37-20-32(27-56-57(55-15-13-14-43)44(28(5)6)29(7)8)21-38(24-37)54-26-31-18-35(41(47)51-11-3)23-36(19-31)42(48)52-12-4/h16-24,28-29H,9-13,15,25-27H2,1-8H3. The molecule has 0 spiro atoms. The van der Waals surface area contributed by atoms with E-state index in [9.17, 15) is 19.2 Å². The molecule has 0 fully saturated rings. The number of hydrogen-bond acceptors (Lipinski definition) is 14. The van der Waals surface area contributed by atoms with Crippen LogP contribution < -0.4 is 9.47 Å². The van der Waals surface area contributed by atoms with Gasteiger partial charge < -0.3 is 37.5 Å². The van der Waals surface area contributed by atoms with Crippen molar-refractivity contribution in [2.75, 3.05) is 33.0 Å². The number of nitrogens with zero attached hydrogens (tertiary/aromatic N) is 2. The van der Waals surface area contributed by atoms with Crippen LogP contribution in [0.15, 0.2) is 54.6 Å². The van der Waals surface area contributed by atoms with Crippen LogP contribution in [0.4, 0.5) is 0 Å². The van der Waals surface area contributed by atoms with E-state index < -0.39 is 32.4 Å². The Hall–Kier alpha value is -5.06. The van der Waals surface area contributed by atoms with Crippen molar-refractivity contribution in [3.63, 3.8) is 0 Å². The molecule has 3 rings (SSSR count). The van der Waals surface area contributed by atoms with Gasteiger partial charge in [-0.05, 0) is 121 Å². The van der Waals surface area contributed by atoms with Gasteiger partial charge in [-0.25, -0.2) is 23.8 Å². The second-order valence-corrected chi connectivity index (χ2v) is 14.4. The summed E-state index contributed by atoms with van der Waals surface area (Å²) >= 11 is 0. The lowest BCUT2D eigenvalue weighted by molar-refractivity contribution is 0.0505. The molecule has 57 heavy (non-hydrogen) atoms. The number of benzene rings is 3. The first kappa shape index (κ1) is 46.3. The molecule has 0 aliphatic rings. The van der Waals surface area contributed by atoms with E-state index in [1.54, 1.807) is 70.2 Å². The van der Waals surface area contributed by atoms with E-state index in [4.69, 9.17) is 42.7 Å². The maximum atomic E-state index is 12.7. The van der Waals surface area contributed by atoms with Gasteiger partial charge in [0.05, 0.1) is 74.4 Å². The van der Waals surface area contributed by atoms with Crippen LogP contribution in [0.3, 0.4) is 0 Å². The molecular formula is C42H53N2O12P. The molecule has 14 nitrogen and oxygen atoms in total. The van der Waals surface area contributed by atoms with Gasteiger partial charge in [-0.3, -0.25) is 0 Å². The number of rotatable bonds is 23. The average molecular weight is 809 g/mol. The fourth-order valence-corrected chi connectivity index (χ4v) is 7.14. The molecule has 1 unspecified atom stereocenters. The zero-order valence-corrected chi connectivity index (χ0v) is 34.8. The van der Waals surface area contributed by atoms with Crippen molar-refractivity contribution < 1.29 is 56.6 Å². The summed E-state index contributed by atoms with van der Waals surface area (Å²) in [5, 5.41) is 9.14. The maximum absolute atomic E-state index is 12.7. The highest BCUT2D eigenvalue weighted by atomic mass is 31.2. The predicted octanol–water partition coefficient (Wildman–Crippen LogP) is 8.34.